The topological polar surface area (TPSA) is 97.1 Å². The standard InChI is InChI=1S/C17H26N6O2/c1-3-24-17-22-15(19-11-14-7-5-9-25-14)21-16(23-17)20-12(2)13-6-4-8-18-10-13/h5,7,9,12-13,18H,3-4,6,8,10-11H2,1-2H3,(H2,19,20,21,22,23). The summed E-state index contributed by atoms with van der Waals surface area (Å²) in [7, 11) is 0. The highest BCUT2D eigenvalue weighted by molar-refractivity contribution is 5.37. The number of ether oxygens (including phenoxy) is 1. The van der Waals surface area contributed by atoms with Crippen LogP contribution >= 0.6 is 0 Å². The van der Waals surface area contributed by atoms with Crippen LogP contribution in [-0.4, -0.2) is 40.7 Å². The van der Waals surface area contributed by atoms with Crippen LogP contribution in [0.2, 0.25) is 0 Å². The molecule has 1 saturated heterocycles. The summed E-state index contributed by atoms with van der Waals surface area (Å²) in [6.07, 6.45) is 4.05. The lowest BCUT2D eigenvalue weighted by Crippen LogP contribution is -2.39. The van der Waals surface area contributed by atoms with Gasteiger partial charge in [-0.25, -0.2) is 0 Å². The maximum atomic E-state index is 5.47. The minimum Gasteiger partial charge on any atom is -0.467 e. The van der Waals surface area contributed by atoms with E-state index in [0.717, 1.165) is 18.8 Å². The van der Waals surface area contributed by atoms with E-state index in [2.05, 4.69) is 37.8 Å². The van der Waals surface area contributed by atoms with Gasteiger partial charge in [-0.3, -0.25) is 0 Å². The van der Waals surface area contributed by atoms with Crippen LogP contribution < -0.4 is 20.7 Å². The van der Waals surface area contributed by atoms with E-state index < -0.39 is 0 Å². The minimum absolute atomic E-state index is 0.266. The maximum Gasteiger partial charge on any atom is 0.323 e. The van der Waals surface area contributed by atoms with Gasteiger partial charge in [0.15, 0.2) is 0 Å². The molecule has 8 nitrogen and oxygen atoms in total. The molecule has 2 aromatic rings. The molecule has 0 spiro atoms. The predicted octanol–water partition coefficient (Wildman–Crippen LogP) is 2.28. The number of hydrogen-bond donors (Lipinski definition) is 3. The summed E-state index contributed by atoms with van der Waals surface area (Å²) in [6.45, 7) is 7.19. The Bertz CT molecular complexity index is 643. The van der Waals surface area contributed by atoms with Crippen LogP contribution in [0, 0.1) is 5.92 Å². The molecule has 2 atom stereocenters. The van der Waals surface area contributed by atoms with E-state index in [-0.39, 0.29) is 6.04 Å². The van der Waals surface area contributed by atoms with Crippen molar-refractivity contribution in [3.63, 3.8) is 0 Å². The Morgan fingerprint density at radius 3 is 2.96 bits per heavy atom. The van der Waals surface area contributed by atoms with Crippen molar-refractivity contribution in [1.82, 2.24) is 20.3 Å². The zero-order chi connectivity index (χ0) is 17.5. The van der Waals surface area contributed by atoms with E-state index >= 15 is 0 Å². The Morgan fingerprint density at radius 2 is 2.24 bits per heavy atom. The number of anilines is 2. The van der Waals surface area contributed by atoms with Crippen molar-refractivity contribution in [2.75, 3.05) is 30.3 Å². The molecule has 0 amide bonds. The van der Waals surface area contributed by atoms with Gasteiger partial charge in [0.2, 0.25) is 11.9 Å². The number of rotatable bonds is 8. The maximum absolute atomic E-state index is 5.47. The molecule has 0 saturated carbocycles. The normalized spacial score (nSPS) is 18.6. The van der Waals surface area contributed by atoms with Gasteiger partial charge in [0, 0.05) is 6.04 Å². The van der Waals surface area contributed by atoms with Gasteiger partial charge in [0.1, 0.15) is 5.76 Å². The Morgan fingerprint density at radius 1 is 1.36 bits per heavy atom. The van der Waals surface area contributed by atoms with Gasteiger partial charge < -0.3 is 25.1 Å². The highest BCUT2D eigenvalue weighted by Gasteiger charge is 2.21. The van der Waals surface area contributed by atoms with Gasteiger partial charge in [-0.1, -0.05) is 0 Å². The predicted molar refractivity (Wildman–Crippen MR) is 95.7 cm³/mol. The lowest BCUT2D eigenvalue weighted by atomic mass is 9.93. The first-order valence-electron chi connectivity index (χ1n) is 8.87. The first-order chi connectivity index (χ1) is 12.2. The second kappa shape index (κ2) is 8.66. The molecule has 3 N–H and O–H groups in total. The SMILES string of the molecule is CCOc1nc(NCc2ccco2)nc(NC(C)C2CCCNC2)n1. The zero-order valence-electron chi connectivity index (χ0n) is 14.8. The van der Waals surface area contributed by atoms with Crippen LogP contribution in [0.25, 0.3) is 0 Å². The van der Waals surface area contributed by atoms with Gasteiger partial charge >= 0.3 is 6.01 Å². The molecule has 0 aliphatic carbocycles. The molecule has 2 unspecified atom stereocenters. The lowest BCUT2D eigenvalue weighted by molar-refractivity contribution is 0.311. The van der Waals surface area contributed by atoms with Crippen LogP contribution in [0.1, 0.15) is 32.4 Å². The molecule has 25 heavy (non-hydrogen) atoms. The van der Waals surface area contributed by atoms with Crippen LogP contribution in [0.15, 0.2) is 22.8 Å². The minimum atomic E-state index is 0.266. The number of furan rings is 1. The zero-order valence-corrected chi connectivity index (χ0v) is 14.8. The third-order valence-corrected chi connectivity index (χ3v) is 4.29. The average molecular weight is 346 g/mol. The smallest absolute Gasteiger partial charge is 0.323 e. The fraction of sp³-hybridized carbons (Fsp3) is 0.588. The number of hydrogen-bond acceptors (Lipinski definition) is 8. The van der Waals surface area contributed by atoms with Crippen molar-refractivity contribution >= 4 is 11.9 Å². The molecule has 2 aromatic heterocycles. The Balaban J connectivity index is 1.68. The van der Waals surface area contributed by atoms with Gasteiger partial charge in [-0.15, -0.1) is 0 Å². The van der Waals surface area contributed by atoms with Crippen molar-refractivity contribution in [2.24, 2.45) is 5.92 Å². The summed E-state index contributed by atoms with van der Waals surface area (Å²) >= 11 is 0. The second-order valence-corrected chi connectivity index (χ2v) is 6.17. The van der Waals surface area contributed by atoms with Gasteiger partial charge in [0.25, 0.3) is 0 Å². The van der Waals surface area contributed by atoms with E-state index in [4.69, 9.17) is 9.15 Å². The van der Waals surface area contributed by atoms with Crippen LogP contribution in [0.3, 0.4) is 0 Å². The van der Waals surface area contributed by atoms with Crippen molar-refractivity contribution in [3.05, 3.63) is 24.2 Å². The second-order valence-electron chi connectivity index (χ2n) is 6.17. The highest BCUT2D eigenvalue weighted by atomic mass is 16.5. The van der Waals surface area contributed by atoms with E-state index in [0.29, 0.717) is 37.0 Å². The first-order valence-corrected chi connectivity index (χ1v) is 8.87. The third kappa shape index (κ3) is 5.06. The largest absolute Gasteiger partial charge is 0.467 e. The number of piperidine rings is 1. The van der Waals surface area contributed by atoms with E-state index in [9.17, 15) is 0 Å². The molecule has 1 fully saturated rings. The molecule has 1 aliphatic rings. The first kappa shape index (κ1) is 17.5. The van der Waals surface area contributed by atoms with Crippen LogP contribution in [0.5, 0.6) is 6.01 Å². The molecule has 3 rings (SSSR count). The summed E-state index contributed by atoms with van der Waals surface area (Å²) in [5, 5.41) is 9.99. The quantitative estimate of drug-likeness (QED) is 0.670. The summed E-state index contributed by atoms with van der Waals surface area (Å²) in [6, 6.07) is 4.33. The Kier molecular flexibility index (Phi) is 6.05. The molecular weight excluding hydrogens is 320 g/mol. The lowest BCUT2D eigenvalue weighted by Gasteiger charge is -2.28. The Hall–Kier alpha value is -2.35. The van der Waals surface area contributed by atoms with Gasteiger partial charge in [0.05, 0.1) is 19.4 Å². The van der Waals surface area contributed by atoms with E-state index in [1.165, 1.54) is 12.8 Å². The average Bonchev–Trinajstić information content (AvgIpc) is 3.14. The number of nitrogens with one attached hydrogen (secondary N) is 3. The van der Waals surface area contributed by atoms with Crippen LogP contribution in [0.4, 0.5) is 11.9 Å². The molecule has 0 aromatic carbocycles. The molecule has 8 heteroatoms. The Labute approximate surface area is 147 Å². The molecule has 0 radical (unpaired) electrons. The summed E-state index contributed by atoms with van der Waals surface area (Å²) in [4.78, 5) is 13.1. The van der Waals surface area contributed by atoms with Crippen molar-refractivity contribution in [2.45, 2.75) is 39.3 Å². The number of nitrogens with zero attached hydrogens (tertiary/aromatic N) is 3. The summed E-state index contributed by atoms with van der Waals surface area (Å²) < 4.78 is 10.8. The van der Waals surface area contributed by atoms with Crippen LogP contribution in [-0.2, 0) is 6.54 Å². The molecule has 3 heterocycles. The van der Waals surface area contributed by atoms with Crippen molar-refractivity contribution in [1.29, 1.82) is 0 Å². The summed E-state index contributed by atoms with van der Waals surface area (Å²) in [5.41, 5.74) is 0. The fourth-order valence-corrected chi connectivity index (χ4v) is 2.90. The van der Waals surface area contributed by atoms with E-state index in [1.54, 1.807) is 6.26 Å². The van der Waals surface area contributed by atoms with Crippen molar-refractivity contribution in [3.8, 4) is 6.01 Å². The van der Waals surface area contributed by atoms with Crippen molar-refractivity contribution < 1.29 is 9.15 Å². The highest BCUT2D eigenvalue weighted by Crippen LogP contribution is 2.19. The summed E-state index contributed by atoms with van der Waals surface area (Å²) in [5.74, 6) is 2.36. The molecule has 1 aliphatic heterocycles. The molecule has 0 bridgehead atoms. The van der Waals surface area contributed by atoms with Gasteiger partial charge in [-0.05, 0) is 57.8 Å². The molecular formula is C17H26N6O2. The molecule has 136 valence electrons. The monoisotopic (exact) mass is 346 g/mol. The van der Waals surface area contributed by atoms with E-state index in [1.807, 2.05) is 19.1 Å². The third-order valence-electron chi connectivity index (χ3n) is 4.29. The fourth-order valence-electron chi connectivity index (χ4n) is 2.90. The number of aromatic nitrogens is 3. The van der Waals surface area contributed by atoms with Gasteiger partial charge in [-0.2, -0.15) is 15.0 Å².